The molecule has 7 nitrogen and oxygen atoms in total. The third-order valence-corrected chi connectivity index (χ3v) is 4.95. The van der Waals surface area contributed by atoms with Crippen LogP contribution in [0.1, 0.15) is 10.4 Å². The predicted octanol–water partition coefficient (Wildman–Crippen LogP) is 2.08. The van der Waals surface area contributed by atoms with Crippen molar-refractivity contribution >= 4 is 22.9 Å². The third kappa shape index (κ3) is 3.61. The summed E-state index contributed by atoms with van der Waals surface area (Å²) in [5, 5.41) is 0. The fourth-order valence-electron chi connectivity index (χ4n) is 3.46. The van der Waals surface area contributed by atoms with E-state index in [1.807, 2.05) is 11.0 Å². The van der Waals surface area contributed by atoms with Gasteiger partial charge in [-0.25, -0.2) is 14.4 Å². The van der Waals surface area contributed by atoms with Gasteiger partial charge in [0.2, 0.25) is 0 Å². The van der Waals surface area contributed by atoms with Gasteiger partial charge in [-0.05, 0) is 36.4 Å². The molecule has 29 heavy (non-hydrogen) atoms. The van der Waals surface area contributed by atoms with Gasteiger partial charge in [0.1, 0.15) is 11.3 Å². The highest BCUT2D eigenvalue weighted by Gasteiger charge is 2.25. The second-order valence-electron chi connectivity index (χ2n) is 6.77. The minimum atomic E-state index is -0.376. The number of hydrogen-bond acceptors (Lipinski definition) is 5. The molecule has 3 heterocycles. The van der Waals surface area contributed by atoms with E-state index in [-0.39, 0.29) is 17.3 Å². The molecule has 8 heteroatoms. The van der Waals surface area contributed by atoms with Crippen LogP contribution in [0.15, 0.2) is 60.0 Å². The van der Waals surface area contributed by atoms with E-state index in [1.165, 1.54) is 24.3 Å². The maximum absolute atomic E-state index is 13.1. The number of fused-ring (bicyclic) bond motifs is 1. The van der Waals surface area contributed by atoms with Gasteiger partial charge in [-0.1, -0.05) is 6.08 Å². The molecule has 1 fully saturated rings. The summed E-state index contributed by atoms with van der Waals surface area (Å²) in [6.07, 6.45) is 3.28. The van der Waals surface area contributed by atoms with E-state index in [0.717, 1.165) is 0 Å². The fourth-order valence-corrected chi connectivity index (χ4v) is 3.46. The monoisotopic (exact) mass is 393 g/mol. The first-order valence-corrected chi connectivity index (χ1v) is 9.35. The van der Waals surface area contributed by atoms with Gasteiger partial charge in [0.05, 0.1) is 0 Å². The summed E-state index contributed by atoms with van der Waals surface area (Å²) in [6, 6.07) is 9.11. The topological polar surface area (TPSA) is 71.3 Å². The quantitative estimate of drug-likeness (QED) is 0.635. The zero-order valence-corrected chi connectivity index (χ0v) is 15.8. The molecule has 1 saturated heterocycles. The number of pyridine rings is 1. The van der Waals surface area contributed by atoms with Crippen LogP contribution in [0.3, 0.4) is 0 Å². The number of carbonyl (C=O) groups excluding carboxylic acids is 1. The van der Waals surface area contributed by atoms with E-state index in [0.29, 0.717) is 55.3 Å². The highest BCUT2D eigenvalue weighted by molar-refractivity contribution is 5.94. The number of allylic oxidation sites excluding steroid dienone is 1. The third-order valence-electron chi connectivity index (χ3n) is 4.95. The largest absolute Gasteiger partial charge is 0.348 e. The van der Waals surface area contributed by atoms with Crippen molar-refractivity contribution in [3.8, 4) is 0 Å². The standard InChI is InChI=1S/C21H20FN5O2/c1-2-10-27-18-17(4-3-9-23-18)24-19(21(27)29)25-11-13-26(14-12-25)20(28)15-5-7-16(22)8-6-15/h2-9H,1,10-14H2. The molecule has 0 spiro atoms. The Hall–Kier alpha value is -3.55. The van der Waals surface area contributed by atoms with E-state index in [4.69, 9.17) is 0 Å². The fraction of sp³-hybridized carbons (Fsp3) is 0.238. The molecule has 1 aromatic carbocycles. The van der Waals surface area contributed by atoms with Crippen molar-refractivity contribution in [3.63, 3.8) is 0 Å². The molecule has 1 aliphatic heterocycles. The molecule has 4 rings (SSSR count). The van der Waals surface area contributed by atoms with Crippen LogP contribution < -0.4 is 10.5 Å². The Labute approximate surface area is 166 Å². The molecule has 0 N–H and O–H groups in total. The zero-order chi connectivity index (χ0) is 20.4. The van der Waals surface area contributed by atoms with Crippen LogP contribution in [0.5, 0.6) is 0 Å². The van der Waals surface area contributed by atoms with Crippen LogP contribution in [-0.4, -0.2) is 51.5 Å². The number of carbonyl (C=O) groups is 1. The number of halogens is 1. The summed E-state index contributed by atoms with van der Waals surface area (Å²) >= 11 is 0. The Morgan fingerprint density at radius 2 is 1.86 bits per heavy atom. The smallest absolute Gasteiger partial charge is 0.295 e. The number of benzene rings is 1. The number of hydrogen-bond donors (Lipinski definition) is 0. The molecule has 0 radical (unpaired) electrons. The van der Waals surface area contributed by atoms with E-state index >= 15 is 0 Å². The van der Waals surface area contributed by atoms with Crippen molar-refractivity contribution in [2.45, 2.75) is 6.54 Å². The van der Waals surface area contributed by atoms with Crippen molar-refractivity contribution in [2.24, 2.45) is 0 Å². The van der Waals surface area contributed by atoms with Gasteiger partial charge >= 0.3 is 0 Å². The maximum atomic E-state index is 13.1. The number of anilines is 1. The molecule has 1 amide bonds. The molecular formula is C21H20FN5O2. The normalized spacial score (nSPS) is 14.2. The van der Waals surface area contributed by atoms with Crippen LogP contribution in [0.2, 0.25) is 0 Å². The Balaban J connectivity index is 1.57. The molecule has 148 valence electrons. The highest BCUT2D eigenvalue weighted by Crippen LogP contribution is 2.16. The molecule has 3 aromatic rings. The Morgan fingerprint density at radius 1 is 1.14 bits per heavy atom. The average molecular weight is 393 g/mol. The van der Waals surface area contributed by atoms with Crippen LogP contribution in [-0.2, 0) is 6.54 Å². The first-order chi connectivity index (χ1) is 14.1. The lowest BCUT2D eigenvalue weighted by atomic mass is 10.2. The van der Waals surface area contributed by atoms with Crippen LogP contribution in [0.4, 0.5) is 10.2 Å². The number of rotatable bonds is 4. The first-order valence-electron chi connectivity index (χ1n) is 9.35. The summed E-state index contributed by atoms with van der Waals surface area (Å²) < 4.78 is 14.6. The van der Waals surface area contributed by atoms with Crippen molar-refractivity contribution in [3.05, 3.63) is 77.0 Å². The summed E-state index contributed by atoms with van der Waals surface area (Å²) in [5.74, 6) is -0.176. The molecular weight excluding hydrogens is 373 g/mol. The minimum Gasteiger partial charge on any atom is -0.348 e. The predicted molar refractivity (Wildman–Crippen MR) is 109 cm³/mol. The molecule has 0 atom stereocenters. The van der Waals surface area contributed by atoms with Gasteiger partial charge in [0, 0.05) is 44.5 Å². The highest BCUT2D eigenvalue weighted by atomic mass is 19.1. The Morgan fingerprint density at radius 3 is 2.55 bits per heavy atom. The molecule has 2 aromatic heterocycles. The average Bonchev–Trinajstić information content (AvgIpc) is 2.76. The van der Waals surface area contributed by atoms with Crippen molar-refractivity contribution in [1.29, 1.82) is 0 Å². The van der Waals surface area contributed by atoms with Gasteiger partial charge in [0.15, 0.2) is 11.5 Å². The minimum absolute atomic E-state index is 0.149. The van der Waals surface area contributed by atoms with Crippen molar-refractivity contribution < 1.29 is 9.18 Å². The van der Waals surface area contributed by atoms with Gasteiger partial charge in [0.25, 0.3) is 11.5 Å². The summed E-state index contributed by atoms with van der Waals surface area (Å²) in [4.78, 5) is 38.0. The van der Waals surface area contributed by atoms with Gasteiger partial charge in [-0.15, -0.1) is 6.58 Å². The van der Waals surface area contributed by atoms with Crippen molar-refractivity contribution in [2.75, 3.05) is 31.1 Å². The second kappa shape index (κ2) is 7.83. The number of aromatic nitrogens is 3. The lowest BCUT2D eigenvalue weighted by Crippen LogP contribution is -2.50. The SMILES string of the molecule is C=CCn1c(=O)c(N2CCN(C(=O)c3ccc(F)cc3)CC2)nc2cccnc21. The molecule has 0 aliphatic carbocycles. The number of amides is 1. The van der Waals surface area contributed by atoms with Gasteiger partial charge in [-0.3, -0.25) is 14.2 Å². The maximum Gasteiger partial charge on any atom is 0.295 e. The zero-order valence-electron chi connectivity index (χ0n) is 15.8. The van der Waals surface area contributed by atoms with Gasteiger partial charge < -0.3 is 9.80 Å². The van der Waals surface area contributed by atoms with E-state index < -0.39 is 0 Å². The number of nitrogens with zero attached hydrogens (tertiary/aromatic N) is 5. The summed E-state index contributed by atoms with van der Waals surface area (Å²) in [6.45, 7) is 5.92. The van der Waals surface area contributed by atoms with Crippen LogP contribution in [0, 0.1) is 5.82 Å². The summed E-state index contributed by atoms with van der Waals surface area (Å²) in [5.41, 5.74) is 1.37. The summed E-state index contributed by atoms with van der Waals surface area (Å²) in [7, 11) is 0. The lowest BCUT2D eigenvalue weighted by Gasteiger charge is -2.35. The van der Waals surface area contributed by atoms with Crippen LogP contribution in [0.25, 0.3) is 11.2 Å². The Kier molecular flexibility index (Phi) is 5.07. The molecule has 0 bridgehead atoms. The number of piperazine rings is 1. The Bertz CT molecular complexity index is 1120. The van der Waals surface area contributed by atoms with E-state index in [1.54, 1.807) is 27.8 Å². The first kappa shape index (κ1) is 18.8. The van der Waals surface area contributed by atoms with Gasteiger partial charge in [-0.2, -0.15) is 0 Å². The second-order valence-corrected chi connectivity index (χ2v) is 6.77. The van der Waals surface area contributed by atoms with Crippen molar-refractivity contribution in [1.82, 2.24) is 19.4 Å². The molecule has 1 aliphatic rings. The lowest BCUT2D eigenvalue weighted by molar-refractivity contribution is 0.0746. The van der Waals surface area contributed by atoms with E-state index in [9.17, 15) is 14.0 Å². The molecule has 0 saturated carbocycles. The van der Waals surface area contributed by atoms with E-state index in [2.05, 4.69) is 16.5 Å². The van der Waals surface area contributed by atoms with Crippen LogP contribution >= 0.6 is 0 Å². The molecule has 0 unspecified atom stereocenters.